The summed E-state index contributed by atoms with van der Waals surface area (Å²) >= 11 is 0. The van der Waals surface area contributed by atoms with Gasteiger partial charge in [0.15, 0.2) is 0 Å². The molecule has 0 spiro atoms. The van der Waals surface area contributed by atoms with Gasteiger partial charge in [0.05, 0.1) is 6.07 Å². The van der Waals surface area contributed by atoms with Crippen LogP contribution in [0.5, 0.6) is 0 Å². The third-order valence-electron chi connectivity index (χ3n) is 2.20. The van der Waals surface area contributed by atoms with Gasteiger partial charge in [-0.2, -0.15) is 5.26 Å². The zero-order valence-electron chi connectivity index (χ0n) is 8.44. The van der Waals surface area contributed by atoms with Gasteiger partial charge in [0, 0.05) is 31.9 Å². The van der Waals surface area contributed by atoms with E-state index in [9.17, 15) is 4.79 Å². The topological polar surface area (TPSA) is 50.7 Å². The number of unbranched alkanes of at least 4 members (excludes halogenated alkanes) is 2. The van der Waals surface area contributed by atoms with Crippen molar-refractivity contribution in [3.8, 4) is 6.07 Å². The molecule has 0 N–H and O–H groups in total. The number of nitriles is 1. The molecule has 1 heterocycles. The molecule has 0 atom stereocenters. The van der Waals surface area contributed by atoms with Crippen molar-refractivity contribution in [3.05, 3.63) is 22.9 Å². The van der Waals surface area contributed by atoms with Gasteiger partial charge in [0.1, 0.15) is 0 Å². The Morgan fingerprint density at radius 2 is 2.07 bits per heavy atom. The van der Waals surface area contributed by atoms with E-state index in [1.807, 2.05) is 6.92 Å². The first-order chi connectivity index (χ1) is 6.79. The Kier molecular flexibility index (Phi) is 3.99. The summed E-state index contributed by atoms with van der Waals surface area (Å²) in [6, 6.07) is 2.09. The lowest BCUT2D eigenvalue weighted by Crippen LogP contribution is -2.23. The molecule has 76 valence electrons. The van der Waals surface area contributed by atoms with Crippen LogP contribution in [0, 0.1) is 11.3 Å². The van der Waals surface area contributed by atoms with Crippen LogP contribution in [0.25, 0.3) is 0 Å². The van der Waals surface area contributed by atoms with E-state index in [1.165, 1.54) is 0 Å². The highest BCUT2D eigenvalue weighted by molar-refractivity contribution is 4.81. The van der Waals surface area contributed by atoms with Gasteiger partial charge in [-0.15, -0.1) is 0 Å². The molecule has 0 aliphatic rings. The Labute approximate surface area is 83.4 Å². The van der Waals surface area contributed by atoms with Gasteiger partial charge >= 0.3 is 5.69 Å². The van der Waals surface area contributed by atoms with E-state index < -0.39 is 0 Å². The second kappa shape index (κ2) is 5.28. The van der Waals surface area contributed by atoms with E-state index in [4.69, 9.17) is 5.26 Å². The van der Waals surface area contributed by atoms with E-state index >= 15 is 0 Å². The molecule has 1 aromatic rings. The molecule has 0 saturated heterocycles. The van der Waals surface area contributed by atoms with Gasteiger partial charge in [0.2, 0.25) is 0 Å². The zero-order valence-corrected chi connectivity index (χ0v) is 8.44. The molecule has 0 aliphatic heterocycles. The molecule has 0 aromatic carbocycles. The van der Waals surface area contributed by atoms with Crippen molar-refractivity contribution in [2.75, 3.05) is 0 Å². The van der Waals surface area contributed by atoms with Gasteiger partial charge in [-0.1, -0.05) is 0 Å². The maximum atomic E-state index is 11.5. The molecule has 0 amide bonds. The molecule has 0 fully saturated rings. The summed E-state index contributed by atoms with van der Waals surface area (Å²) in [6.07, 6.45) is 5.93. The summed E-state index contributed by atoms with van der Waals surface area (Å²) < 4.78 is 3.37. The normalized spacial score (nSPS) is 10.0. The van der Waals surface area contributed by atoms with Crippen molar-refractivity contribution in [2.24, 2.45) is 0 Å². The summed E-state index contributed by atoms with van der Waals surface area (Å²) in [5.74, 6) is 0. The molecule has 4 nitrogen and oxygen atoms in total. The molecule has 0 bridgehead atoms. The molecule has 0 radical (unpaired) electrons. The predicted molar refractivity (Wildman–Crippen MR) is 53.8 cm³/mol. The van der Waals surface area contributed by atoms with Crippen LogP contribution in [-0.4, -0.2) is 9.13 Å². The average Bonchev–Trinajstić information content (AvgIpc) is 2.55. The molecule has 1 rings (SSSR count). The van der Waals surface area contributed by atoms with Crippen LogP contribution in [0.1, 0.15) is 26.2 Å². The Hall–Kier alpha value is -1.50. The molecule has 0 aliphatic carbocycles. The van der Waals surface area contributed by atoms with E-state index in [-0.39, 0.29) is 5.69 Å². The molecule has 14 heavy (non-hydrogen) atoms. The third kappa shape index (κ3) is 2.49. The maximum Gasteiger partial charge on any atom is 0.328 e. The van der Waals surface area contributed by atoms with E-state index in [0.717, 1.165) is 12.8 Å². The first-order valence-corrected chi connectivity index (χ1v) is 4.92. The second-order valence-electron chi connectivity index (χ2n) is 3.18. The highest BCUT2D eigenvalue weighted by Crippen LogP contribution is 1.96. The fourth-order valence-corrected chi connectivity index (χ4v) is 1.35. The van der Waals surface area contributed by atoms with Crippen molar-refractivity contribution in [1.82, 2.24) is 9.13 Å². The smallest absolute Gasteiger partial charge is 0.300 e. The van der Waals surface area contributed by atoms with E-state index in [0.29, 0.717) is 19.5 Å². The fourth-order valence-electron chi connectivity index (χ4n) is 1.35. The molecular formula is C10H15N3O. The van der Waals surface area contributed by atoms with Crippen molar-refractivity contribution in [2.45, 2.75) is 39.3 Å². The van der Waals surface area contributed by atoms with Crippen LogP contribution in [0.3, 0.4) is 0 Å². The molecule has 4 heteroatoms. The van der Waals surface area contributed by atoms with Crippen LogP contribution in [0.15, 0.2) is 17.2 Å². The van der Waals surface area contributed by atoms with Crippen LogP contribution < -0.4 is 5.69 Å². The van der Waals surface area contributed by atoms with Gasteiger partial charge < -0.3 is 0 Å². The number of aryl methyl sites for hydroxylation is 2. The van der Waals surface area contributed by atoms with Crippen LogP contribution in [0.4, 0.5) is 0 Å². The van der Waals surface area contributed by atoms with Crippen molar-refractivity contribution < 1.29 is 0 Å². The lowest BCUT2D eigenvalue weighted by Gasteiger charge is -1.99. The quantitative estimate of drug-likeness (QED) is 0.663. The predicted octanol–water partition coefficient (Wildman–Crippen LogP) is 1.36. The Morgan fingerprint density at radius 3 is 2.64 bits per heavy atom. The highest BCUT2D eigenvalue weighted by Gasteiger charge is 2.00. The van der Waals surface area contributed by atoms with Gasteiger partial charge in [0.25, 0.3) is 0 Å². The SMILES string of the molecule is CCn1ccn(CCCCC#N)c1=O. The summed E-state index contributed by atoms with van der Waals surface area (Å²) in [7, 11) is 0. The highest BCUT2D eigenvalue weighted by atomic mass is 16.1. The number of hydrogen-bond acceptors (Lipinski definition) is 2. The first kappa shape index (κ1) is 10.6. The number of aromatic nitrogens is 2. The van der Waals surface area contributed by atoms with E-state index in [2.05, 4.69) is 6.07 Å². The van der Waals surface area contributed by atoms with E-state index in [1.54, 1.807) is 21.5 Å². The first-order valence-electron chi connectivity index (χ1n) is 4.92. The van der Waals surface area contributed by atoms with Crippen molar-refractivity contribution >= 4 is 0 Å². The lowest BCUT2D eigenvalue weighted by atomic mass is 10.2. The Bertz CT molecular complexity index is 369. The summed E-state index contributed by atoms with van der Waals surface area (Å²) in [5, 5.41) is 8.34. The number of hydrogen-bond donors (Lipinski definition) is 0. The third-order valence-corrected chi connectivity index (χ3v) is 2.20. The zero-order chi connectivity index (χ0) is 10.4. The molecule has 0 saturated carbocycles. The number of rotatable bonds is 5. The summed E-state index contributed by atoms with van der Waals surface area (Å²) in [4.78, 5) is 11.5. The number of nitrogens with zero attached hydrogens (tertiary/aromatic N) is 3. The van der Waals surface area contributed by atoms with Crippen molar-refractivity contribution in [3.63, 3.8) is 0 Å². The van der Waals surface area contributed by atoms with Gasteiger partial charge in [-0.25, -0.2) is 4.79 Å². The second-order valence-corrected chi connectivity index (χ2v) is 3.18. The fraction of sp³-hybridized carbons (Fsp3) is 0.600. The Morgan fingerprint density at radius 1 is 1.36 bits per heavy atom. The van der Waals surface area contributed by atoms with Crippen LogP contribution in [0.2, 0.25) is 0 Å². The van der Waals surface area contributed by atoms with Crippen LogP contribution in [-0.2, 0) is 13.1 Å². The molecule has 1 aromatic heterocycles. The summed E-state index contributed by atoms with van der Waals surface area (Å²) in [5.41, 5.74) is 0.0458. The van der Waals surface area contributed by atoms with Crippen LogP contribution >= 0.6 is 0 Å². The standard InChI is InChI=1S/C10H15N3O/c1-2-12-8-9-13(10(12)14)7-5-3-4-6-11/h8-9H,2-5,7H2,1H3. The number of imidazole rings is 1. The van der Waals surface area contributed by atoms with Crippen molar-refractivity contribution in [1.29, 1.82) is 5.26 Å². The summed E-state index contributed by atoms with van der Waals surface area (Å²) in [6.45, 7) is 3.37. The maximum absolute atomic E-state index is 11.5. The molecule has 0 unspecified atom stereocenters. The minimum absolute atomic E-state index is 0.0458. The largest absolute Gasteiger partial charge is 0.328 e. The van der Waals surface area contributed by atoms with Gasteiger partial charge in [-0.3, -0.25) is 9.13 Å². The minimum atomic E-state index is 0.0458. The lowest BCUT2D eigenvalue weighted by molar-refractivity contribution is 0.580. The Balaban J connectivity index is 2.48. The van der Waals surface area contributed by atoms with Gasteiger partial charge in [-0.05, 0) is 19.8 Å². The average molecular weight is 193 g/mol. The monoisotopic (exact) mass is 193 g/mol. The minimum Gasteiger partial charge on any atom is -0.300 e. The molecular weight excluding hydrogens is 178 g/mol.